The summed E-state index contributed by atoms with van der Waals surface area (Å²) >= 11 is 0. The number of carbonyl (C=O) groups is 1. The number of nitrogens with one attached hydrogen (secondary N) is 5. The number of aromatic hydroxyl groups is 2. The summed E-state index contributed by atoms with van der Waals surface area (Å²) in [5.74, 6) is -0.865. The van der Waals surface area contributed by atoms with Crippen LogP contribution in [0.25, 0.3) is 65.2 Å². The largest absolute Gasteiger partial charge is 0.505 e. The first kappa shape index (κ1) is 44.5. The number of rotatable bonds is 12. The lowest BCUT2D eigenvalue weighted by molar-refractivity contribution is 0.102. The molecule has 0 saturated carbocycles. The van der Waals surface area contributed by atoms with Crippen LogP contribution >= 0.6 is 0 Å². The van der Waals surface area contributed by atoms with Gasteiger partial charge < -0.3 is 36.0 Å². The lowest BCUT2D eigenvalue weighted by Crippen LogP contribution is -2.20. The number of aromatic amines is 2. The number of phenols is 2. The van der Waals surface area contributed by atoms with E-state index in [0.717, 1.165) is 77.9 Å². The van der Waals surface area contributed by atoms with Crippen molar-refractivity contribution in [2.75, 3.05) is 10.6 Å². The third kappa shape index (κ3) is 8.10. The zero-order valence-electron chi connectivity index (χ0n) is 39.2. The molecule has 2 aromatic heterocycles. The van der Waals surface area contributed by atoms with Gasteiger partial charge in [0.2, 0.25) is 0 Å². The van der Waals surface area contributed by atoms with E-state index in [0.29, 0.717) is 38.8 Å². The Morgan fingerprint density at radius 2 is 1.04 bits per heavy atom. The number of fused-ring (bicyclic) bond motifs is 10. The van der Waals surface area contributed by atoms with Crippen molar-refractivity contribution in [3.05, 3.63) is 210 Å². The second-order valence-corrected chi connectivity index (χ2v) is 17.9. The molecule has 0 bridgehead atoms. The summed E-state index contributed by atoms with van der Waals surface area (Å²) in [7, 11) is 0. The molecule has 13 heteroatoms. The maximum Gasteiger partial charge on any atom is 0.259 e. The lowest BCUT2D eigenvalue weighted by atomic mass is 9.90. The number of H-pyrrole nitrogens is 2. The molecule has 12 rings (SSSR count). The Balaban J connectivity index is 0.837. The molecule has 0 radical (unpaired) electrons. The maximum atomic E-state index is 13.6. The van der Waals surface area contributed by atoms with Crippen LogP contribution in [-0.4, -0.2) is 31.3 Å². The van der Waals surface area contributed by atoms with Crippen LogP contribution in [0.4, 0.5) is 39.8 Å². The number of amides is 1. The van der Waals surface area contributed by atoms with Crippen molar-refractivity contribution in [1.29, 1.82) is 0 Å². The summed E-state index contributed by atoms with van der Waals surface area (Å²) in [6.07, 6.45) is 0.738. The van der Waals surface area contributed by atoms with Crippen LogP contribution in [0.2, 0.25) is 0 Å². The number of azo groups is 2. The van der Waals surface area contributed by atoms with Gasteiger partial charge in [0, 0.05) is 66.0 Å². The summed E-state index contributed by atoms with van der Waals surface area (Å²) < 4.78 is 0. The van der Waals surface area contributed by atoms with E-state index in [4.69, 9.17) is 5.11 Å². The number of nitrogens with zero attached hydrogens (tertiary/aromatic N) is 4. The minimum absolute atomic E-state index is 0.0680. The minimum atomic E-state index is -0.738. The normalized spacial score (nSPS) is 12.4. The van der Waals surface area contributed by atoms with Crippen LogP contribution in [0, 0.1) is 0 Å². The highest BCUT2D eigenvalue weighted by Gasteiger charge is 2.26. The summed E-state index contributed by atoms with van der Waals surface area (Å²) in [4.78, 5) is 20.7. The standard InChI is InChI=1S/C60H45N9O4/c1-2-34-12-6-7-15-42(34)53(69-73)47-32-35-20-30-45-43-16-8-10-18-49(43)63-54(45)51(35)56(58(47)70)67-65-40-26-22-38(23-27-40)61-39-24-28-41(29-25-39)66-68-57-52-36(21-31-46-44-17-9-11-19-50(44)64-55(46)52)33-48(59(57)71)60(72)62-37-13-4-3-5-14-37/h3-33,53,61,63-64,69-71,73H,2H2,1H3,(H,62,72). The van der Waals surface area contributed by atoms with Crippen molar-refractivity contribution >= 4 is 111 Å². The molecule has 1 atom stereocenters. The second-order valence-electron chi connectivity index (χ2n) is 17.9. The number of carbonyl (C=O) groups excluding carboxylic acids is 1. The van der Waals surface area contributed by atoms with Crippen molar-refractivity contribution in [2.45, 2.75) is 19.4 Å². The molecule has 0 aliphatic rings. The Morgan fingerprint density at radius 1 is 0.521 bits per heavy atom. The van der Waals surface area contributed by atoms with E-state index in [9.17, 15) is 20.2 Å². The summed E-state index contributed by atoms with van der Waals surface area (Å²) in [6, 6.07) is 58.6. The van der Waals surface area contributed by atoms with Gasteiger partial charge in [0.05, 0.1) is 34.0 Å². The zero-order valence-corrected chi connectivity index (χ0v) is 39.2. The Morgan fingerprint density at radius 3 is 1.62 bits per heavy atom. The average molecular weight is 956 g/mol. The fourth-order valence-corrected chi connectivity index (χ4v) is 9.94. The Bertz CT molecular complexity index is 4170. The van der Waals surface area contributed by atoms with Crippen molar-refractivity contribution in [1.82, 2.24) is 15.4 Å². The molecule has 73 heavy (non-hydrogen) atoms. The van der Waals surface area contributed by atoms with E-state index in [1.165, 1.54) is 0 Å². The van der Waals surface area contributed by atoms with Crippen LogP contribution in [0.1, 0.15) is 40.0 Å². The number of para-hydroxylation sites is 3. The van der Waals surface area contributed by atoms with Crippen LogP contribution < -0.4 is 16.1 Å². The van der Waals surface area contributed by atoms with E-state index in [1.54, 1.807) is 18.2 Å². The molecule has 13 nitrogen and oxygen atoms in total. The van der Waals surface area contributed by atoms with E-state index >= 15 is 0 Å². The van der Waals surface area contributed by atoms with Gasteiger partial charge >= 0.3 is 0 Å². The molecule has 0 spiro atoms. The first-order valence-corrected chi connectivity index (χ1v) is 23.9. The number of anilines is 3. The maximum absolute atomic E-state index is 13.6. The number of hydrogen-bond acceptors (Lipinski definition) is 10. The molecule has 1 unspecified atom stereocenters. The smallest absolute Gasteiger partial charge is 0.259 e. The van der Waals surface area contributed by atoms with Crippen LogP contribution in [0.15, 0.2) is 209 Å². The molecule has 0 saturated heterocycles. The van der Waals surface area contributed by atoms with Crippen molar-refractivity contribution in [3.8, 4) is 11.5 Å². The van der Waals surface area contributed by atoms with Gasteiger partial charge in [-0.25, -0.2) is 0 Å². The second kappa shape index (κ2) is 18.6. The Hall–Kier alpha value is -9.69. The fraction of sp³-hybridized carbons (Fsp3) is 0.0500. The van der Waals surface area contributed by atoms with Gasteiger partial charge in [-0.2, -0.15) is 15.7 Å². The van der Waals surface area contributed by atoms with Crippen LogP contribution in [0.5, 0.6) is 11.5 Å². The summed E-state index contributed by atoms with van der Waals surface area (Å²) in [5.41, 5.74) is 12.0. The first-order valence-electron chi connectivity index (χ1n) is 23.9. The number of benzene rings is 10. The molecule has 12 aromatic rings. The SMILES string of the molecule is CCc1ccccc1C(NO)c1cc2ccc3c4ccccc4[nH]c3c2c(N=Nc2ccc(Nc3ccc(N=Nc4c(O)c(C(=O)Nc5ccccc5)cc5ccc6c7ccccc7[nH]c6c45)cc3)cc2)c1O. The highest BCUT2D eigenvalue weighted by atomic mass is 16.5. The molecule has 0 aliphatic carbocycles. The number of phenolic OH excluding ortho intramolecular Hbond substituents is 2. The summed E-state index contributed by atoms with van der Waals surface area (Å²) in [5, 5.41) is 66.4. The molecule has 354 valence electrons. The molecule has 8 N–H and O–H groups in total. The molecular weight excluding hydrogens is 911 g/mol. The quantitative estimate of drug-likeness (QED) is 0.0443. The number of aromatic nitrogens is 2. The third-order valence-electron chi connectivity index (χ3n) is 13.5. The van der Waals surface area contributed by atoms with E-state index in [2.05, 4.69) is 60.5 Å². The predicted molar refractivity (Wildman–Crippen MR) is 291 cm³/mol. The van der Waals surface area contributed by atoms with E-state index in [1.807, 2.05) is 158 Å². The number of aryl methyl sites for hydroxylation is 1. The molecule has 0 aliphatic heterocycles. The topological polar surface area (TPSA) is 195 Å². The molecule has 0 fully saturated rings. The van der Waals surface area contributed by atoms with E-state index < -0.39 is 11.9 Å². The monoisotopic (exact) mass is 955 g/mol. The zero-order chi connectivity index (χ0) is 49.6. The van der Waals surface area contributed by atoms with Gasteiger partial charge in [-0.1, -0.05) is 110 Å². The van der Waals surface area contributed by atoms with Crippen molar-refractivity contribution in [3.63, 3.8) is 0 Å². The van der Waals surface area contributed by atoms with Crippen molar-refractivity contribution in [2.24, 2.45) is 20.5 Å². The predicted octanol–water partition coefficient (Wildman–Crippen LogP) is 16.1. The number of hydroxylamine groups is 1. The third-order valence-corrected chi connectivity index (χ3v) is 13.5. The lowest BCUT2D eigenvalue weighted by Gasteiger charge is -2.22. The minimum Gasteiger partial charge on any atom is -0.505 e. The van der Waals surface area contributed by atoms with Crippen LogP contribution in [-0.2, 0) is 6.42 Å². The van der Waals surface area contributed by atoms with Gasteiger partial charge in [0.25, 0.3) is 5.91 Å². The van der Waals surface area contributed by atoms with Gasteiger partial charge in [0.1, 0.15) is 17.1 Å². The van der Waals surface area contributed by atoms with Gasteiger partial charge in [-0.3, -0.25) is 4.79 Å². The number of hydrogen-bond donors (Lipinski definition) is 8. The van der Waals surface area contributed by atoms with Gasteiger partial charge in [0.15, 0.2) is 5.75 Å². The molecular formula is C60H45N9O4. The highest BCUT2D eigenvalue weighted by Crippen LogP contribution is 2.48. The van der Waals surface area contributed by atoms with Crippen LogP contribution in [0.3, 0.4) is 0 Å². The van der Waals surface area contributed by atoms with Crippen molar-refractivity contribution < 1.29 is 20.2 Å². The Kier molecular flexibility index (Phi) is 11.3. The van der Waals surface area contributed by atoms with Gasteiger partial charge in [-0.15, -0.1) is 10.2 Å². The van der Waals surface area contributed by atoms with E-state index in [-0.39, 0.29) is 28.4 Å². The highest BCUT2D eigenvalue weighted by molar-refractivity contribution is 6.23. The fourth-order valence-electron chi connectivity index (χ4n) is 9.94. The molecule has 2 heterocycles. The molecule has 1 amide bonds. The Labute approximate surface area is 417 Å². The molecule has 10 aromatic carbocycles. The summed E-state index contributed by atoms with van der Waals surface area (Å²) in [6.45, 7) is 2.06. The van der Waals surface area contributed by atoms with Gasteiger partial charge in [-0.05, 0) is 113 Å². The first-order chi connectivity index (χ1) is 35.8. The average Bonchev–Trinajstić information content (AvgIpc) is 4.01.